The van der Waals surface area contributed by atoms with Gasteiger partial charge in [0.25, 0.3) is 5.91 Å². The van der Waals surface area contributed by atoms with E-state index in [0.717, 1.165) is 30.8 Å². The summed E-state index contributed by atoms with van der Waals surface area (Å²) in [5, 5.41) is 0. The molecule has 4 rings (SSSR count). The molecule has 1 saturated heterocycles. The molecule has 1 aliphatic heterocycles. The van der Waals surface area contributed by atoms with E-state index in [1.807, 2.05) is 35.2 Å². The number of hydrogen-bond donors (Lipinski definition) is 0. The van der Waals surface area contributed by atoms with Crippen LogP contribution < -0.4 is 0 Å². The molecule has 0 spiro atoms. The van der Waals surface area contributed by atoms with Crippen LogP contribution in [0, 0.1) is 5.82 Å². The third kappa shape index (κ3) is 3.94. The molecule has 1 fully saturated rings. The van der Waals surface area contributed by atoms with Gasteiger partial charge in [0.05, 0.1) is 0 Å². The zero-order chi connectivity index (χ0) is 19.3. The molecule has 0 bridgehead atoms. The molecular formula is C23H22FN3O. The molecule has 4 nitrogen and oxygen atoms in total. The number of hydrogen-bond acceptors (Lipinski definition) is 3. The van der Waals surface area contributed by atoms with E-state index >= 15 is 0 Å². The molecule has 3 aromatic rings. The zero-order valence-electron chi connectivity index (χ0n) is 15.6. The van der Waals surface area contributed by atoms with Gasteiger partial charge in [0, 0.05) is 56.2 Å². The number of pyridine rings is 1. The number of amides is 1. The number of carbonyl (C=O) groups excluding carboxylic acids is 1. The highest BCUT2D eigenvalue weighted by Crippen LogP contribution is 2.27. The molecule has 0 unspecified atom stereocenters. The Hall–Kier alpha value is -3.05. The fourth-order valence-electron chi connectivity index (χ4n) is 3.63. The summed E-state index contributed by atoms with van der Waals surface area (Å²) in [4.78, 5) is 20.7. The summed E-state index contributed by atoms with van der Waals surface area (Å²) in [6.45, 7) is 3.69. The summed E-state index contributed by atoms with van der Waals surface area (Å²) in [7, 11) is 0. The van der Waals surface area contributed by atoms with Crippen LogP contribution in [0.5, 0.6) is 0 Å². The number of piperazine rings is 1. The Kier molecular flexibility index (Phi) is 5.44. The Morgan fingerprint density at radius 3 is 2.21 bits per heavy atom. The van der Waals surface area contributed by atoms with Gasteiger partial charge in [-0.1, -0.05) is 42.5 Å². The predicted octanol–water partition coefficient (Wildman–Crippen LogP) is 3.85. The molecule has 1 amide bonds. The summed E-state index contributed by atoms with van der Waals surface area (Å²) < 4.78 is 14.3. The van der Waals surface area contributed by atoms with E-state index < -0.39 is 0 Å². The van der Waals surface area contributed by atoms with E-state index in [-0.39, 0.29) is 11.7 Å². The van der Waals surface area contributed by atoms with E-state index in [9.17, 15) is 9.18 Å². The van der Waals surface area contributed by atoms with Crippen molar-refractivity contribution in [3.8, 4) is 11.1 Å². The first kappa shape index (κ1) is 18.3. The van der Waals surface area contributed by atoms with Crippen LogP contribution in [-0.2, 0) is 6.54 Å². The highest BCUT2D eigenvalue weighted by molar-refractivity contribution is 5.94. The molecule has 1 aliphatic rings. The van der Waals surface area contributed by atoms with Gasteiger partial charge in [0.15, 0.2) is 0 Å². The van der Waals surface area contributed by atoms with Crippen LogP contribution in [0.4, 0.5) is 4.39 Å². The fraction of sp³-hybridized carbons (Fsp3) is 0.217. The Bertz CT molecular complexity index is 953. The van der Waals surface area contributed by atoms with Crippen molar-refractivity contribution in [1.29, 1.82) is 0 Å². The molecule has 5 heteroatoms. The Labute approximate surface area is 164 Å². The second kappa shape index (κ2) is 8.31. The molecule has 142 valence electrons. The van der Waals surface area contributed by atoms with Crippen molar-refractivity contribution >= 4 is 5.91 Å². The molecular weight excluding hydrogens is 353 g/mol. The summed E-state index contributed by atoms with van der Waals surface area (Å²) in [6, 6.07) is 18.3. The van der Waals surface area contributed by atoms with E-state index in [1.165, 1.54) is 6.07 Å². The van der Waals surface area contributed by atoms with Crippen molar-refractivity contribution in [2.45, 2.75) is 6.54 Å². The first-order valence-corrected chi connectivity index (χ1v) is 9.47. The number of halogens is 1. The topological polar surface area (TPSA) is 36.4 Å². The zero-order valence-corrected chi connectivity index (χ0v) is 15.6. The molecule has 0 N–H and O–H groups in total. The van der Waals surface area contributed by atoms with Crippen LogP contribution in [0.3, 0.4) is 0 Å². The van der Waals surface area contributed by atoms with Crippen LogP contribution in [0.1, 0.15) is 15.9 Å². The molecule has 1 aromatic heterocycles. The maximum atomic E-state index is 14.3. The van der Waals surface area contributed by atoms with Gasteiger partial charge in [-0.15, -0.1) is 0 Å². The summed E-state index contributed by atoms with van der Waals surface area (Å²) in [5.41, 5.74) is 3.33. The van der Waals surface area contributed by atoms with E-state index in [0.29, 0.717) is 24.2 Å². The lowest BCUT2D eigenvalue weighted by Crippen LogP contribution is -2.48. The first-order valence-electron chi connectivity index (χ1n) is 9.47. The molecule has 28 heavy (non-hydrogen) atoms. The minimum atomic E-state index is -0.206. The second-order valence-electron chi connectivity index (χ2n) is 6.94. The fourth-order valence-corrected chi connectivity index (χ4v) is 3.63. The smallest absolute Gasteiger partial charge is 0.254 e. The molecule has 0 aliphatic carbocycles. The normalized spacial score (nSPS) is 14.8. The highest BCUT2D eigenvalue weighted by atomic mass is 19.1. The lowest BCUT2D eigenvalue weighted by Gasteiger charge is -2.35. The molecule has 0 radical (unpaired) electrons. The van der Waals surface area contributed by atoms with Gasteiger partial charge in [0.2, 0.25) is 0 Å². The molecule has 0 atom stereocenters. The van der Waals surface area contributed by atoms with Gasteiger partial charge in [-0.3, -0.25) is 14.7 Å². The standard InChI is InChI=1S/C23H22FN3O/c24-22-8-4-3-7-21(22)20-6-2-1-5-19(20)17-26-13-15-27(16-14-26)23(28)18-9-11-25-12-10-18/h1-12H,13-17H2. The predicted molar refractivity (Wildman–Crippen MR) is 107 cm³/mol. The first-order chi connectivity index (χ1) is 13.7. The summed E-state index contributed by atoms with van der Waals surface area (Å²) >= 11 is 0. The number of aromatic nitrogens is 1. The highest BCUT2D eigenvalue weighted by Gasteiger charge is 2.22. The lowest BCUT2D eigenvalue weighted by atomic mass is 9.98. The minimum Gasteiger partial charge on any atom is -0.336 e. The number of carbonyl (C=O) groups is 1. The average Bonchev–Trinajstić information content (AvgIpc) is 2.75. The van der Waals surface area contributed by atoms with Crippen molar-refractivity contribution < 1.29 is 9.18 Å². The number of nitrogens with zero attached hydrogens (tertiary/aromatic N) is 3. The Balaban J connectivity index is 1.44. The van der Waals surface area contributed by atoms with Crippen LogP contribution in [0.15, 0.2) is 73.1 Å². The monoisotopic (exact) mass is 375 g/mol. The van der Waals surface area contributed by atoms with Gasteiger partial charge >= 0.3 is 0 Å². The summed E-state index contributed by atoms with van der Waals surface area (Å²) in [5.74, 6) is -0.156. The third-order valence-electron chi connectivity index (χ3n) is 5.16. The summed E-state index contributed by atoms with van der Waals surface area (Å²) in [6.07, 6.45) is 3.28. The van der Waals surface area contributed by atoms with E-state index in [2.05, 4.69) is 16.0 Å². The lowest BCUT2D eigenvalue weighted by molar-refractivity contribution is 0.0628. The SMILES string of the molecule is O=C(c1ccncc1)N1CCN(Cc2ccccc2-c2ccccc2F)CC1. The van der Waals surface area contributed by atoms with Crippen molar-refractivity contribution in [2.24, 2.45) is 0 Å². The van der Waals surface area contributed by atoms with E-state index in [4.69, 9.17) is 0 Å². The van der Waals surface area contributed by atoms with Crippen molar-refractivity contribution in [1.82, 2.24) is 14.8 Å². The van der Waals surface area contributed by atoms with Crippen LogP contribution in [-0.4, -0.2) is 46.9 Å². The van der Waals surface area contributed by atoms with Crippen molar-refractivity contribution in [2.75, 3.05) is 26.2 Å². The average molecular weight is 375 g/mol. The van der Waals surface area contributed by atoms with Gasteiger partial charge in [-0.2, -0.15) is 0 Å². The third-order valence-corrected chi connectivity index (χ3v) is 5.16. The van der Waals surface area contributed by atoms with Gasteiger partial charge in [0.1, 0.15) is 5.82 Å². The Morgan fingerprint density at radius 2 is 1.50 bits per heavy atom. The molecule has 2 heterocycles. The second-order valence-corrected chi connectivity index (χ2v) is 6.94. The molecule has 2 aromatic carbocycles. The quantitative estimate of drug-likeness (QED) is 0.695. The van der Waals surface area contributed by atoms with Crippen molar-refractivity contribution in [3.05, 3.63) is 90.0 Å². The largest absolute Gasteiger partial charge is 0.336 e. The molecule has 0 saturated carbocycles. The van der Waals surface area contributed by atoms with Crippen molar-refractivity contribution in [3.63, 3.8) is 0 Å². The van der Waals surface area contributed by atoms with Crippen LogP contribution in [0.25, 0.3) is 11.1 Å². The van der Waals surface area contributed by atoms with Crippen LogP contribution in [0.2, 0.25) is 0 Å². The van der Waals surface area contributed by atoms with Gasteiger partial charge in [-0.25, -0.2) is 4.39 Å². The van der Waals surface area contributed by atoms with Gasteiger partial charge in [-0.05, 0) is 29.3 Å². The number of rotatable bonds is 4. The number of benzene rings is 2. The van der Waals surface area contributed by atoms with Crippen LogP contribution >= 0.6 is 0 Å². The van der Waals surface area contributed by atoms with Gasteiger partial charge < -0.3 is 4.90 Å². The minimum absolute atomic E-state index is 0.0498. The van der Waals surface area contributed by atoms with E-state index in [1.54, 1.807) is 30.6 Å². The Morgan fingerprint density at radius 1 is 0.857 bits per heavy atom. The maximum Gasteiger partial charge on any atom is 0.254 e. The maximum absolute atomic E-state index is 14.3.